The van der Waals surface area contributed by atoms with Gasteiger partial charge in [-0.2, -0.15) is 0 Å². The fourth-order valence-electron chi connectivity index (χ4n) is 4.64. The van der Waals surface area contributed by atoms with Crippen molar-refractivity contribution in [2.75, 3.05) is 5.32 Å². The number of allylic oxidation sites excluding steroid dienone is 1. The largest absolute Gasteiger partial charge is 0.323 e. The second-order valence-corrected chi connectivity index (χ2v) is 7.82. The Kier molecular flexibility index (Phi) is 3.75. The van der Waals surface area contributed by atoms with Gasteiger partial charge in [0.15, 0.2) is 0 Å². The van der Waals surface area contributed by atoms with Crippen molar-refractivity contribution in [1.82, 2.24) is 4.40 Å². The van der Waals surface area contributed by atoms with Gasteiger partial charge in [0.05, 0.1) is 11.1 Å². The van der Waals surface area contributed by atoms with Crippen LogP contribution in [0.2, 0.25) is 0 Å². The second-order valence-electron chi connectivity index (χ2n) is 7.82. The number of pyridine rings is 1. The number of nitrogens with zero attached hydrogens (tertiary/aromatic N) is 1. The average molecular weight is 388 g/mol. The number of carbonyl (C=O) groups is 1. The lowest BCUT2D eigenvalue weighted by molar-refractivity contribution is 0.102. The summed E-state index contributed by atoms with van der Waals surface area (Å²) in [6, 6.07) is 22.7. The van der Waals surface area contributed by atoms with Crippen molar-refractivity contribution in [3.63, 3.8) is 0 Å². The molecule has 1 aliphatic rings. The number of fused-ring (bicyclic) bond motifs is 6. The van der Waals surface area contributed by atoms with Crippen LogP contribution < -0.4 is 5.32 Å². The summed E-state index contributed by atoms with van der Waals surface area (Å²) in [7, 11) is 0. The van der Waals surface area contributed by atoms with Crippen LogP contribution in [0.3, 0.4) is 0 Å². The Hall–Kier alpha value is -3.85. The lowest BCUT2D eigenvalue weighted by Gasteiger charge is -2.16. The number of nitrogens with one attached hydrogen (secondary N) is 1. The fraction of sp³-hybridized carbons (Fsp3) is 0.0741. The molecule has 3 aromatic carbocycles. The van der Waals surface area contributed by atoms with Gasteiger partial charge in [0.1, 0.15) is 0 Å². The van der Waals surface area contributed by atoms with Gasteiger partial charge in [-0.25, -0.2) is 0 Å². The molecule has 30 heavy (non-hydrogen) atoms. The van der Waals surface area contributed by atoms with Crippen molar-refractivity contribution in [1.29, 1.82) is 0 Å². The van der Waals surface area contributed by atoms with Crippen molar-refractivity contribution in [2.24, 2.45) is 0 Å². The molecule has 5 aromatic rings. The number of aromatic nitrogens is 1. The third kappa shape index (κ3) is 2.56. The van der Waals surface area contributed by atoms with E-state index in [4.69, 9.17) is 0 Å². The number of hydrogen-bond acceptors (Lipinski definition) is 1. The molecule has 3 nitrogen and oxygen atoms in total. The van der Waals surface area contributed by atoms with Gasteiger partial charge in [0, 0.05) is 23.5 Å². The summed E-state index contributed by atoms with van der Waals surface area (Å²) in [5, 5.41) is 7.86. The predicted octanol–water partition coefficient (Wildman–Crippen LogP) is 6.46. The van der Waals surface area contributed by atoms with E-state index in [1.165, 1.54) is 21.9 Å². The minimum atomic E-state index is -0.0929. The van der Waals surface area contributed by atoms with Gasteiger partial charge in [0.2, 0.25) is 0 Å². The van der Waals surface area contributed by atoms with E-state index in [9.17, 15) is 4.79 Å². The first kappa shape index (κ1) is 17.0. The Balaban J connectivity index is 1.47. The molecule has 144 valence electrons. The molecule has 0 fully saturated rings. The van der Waals surface area contributed by atoms with Crippen LogP contribution in [0.15, 0.2) is 85.2 Å². The summed E-state index contributed by atoms with van der Waals surface area (Å²) in [5.74, 6) is -0.0929. The molecule has 0 saturated carbocycles. The highest BCUT2D eigenvalue weighted by Crippen LogP contribution is 2.35. The molecule has 0 saturated heterocycles. The summed E-state index contributed by atoms with van der Waals surface area (Å²) in [5.41, 5.74) is 5.15. The molecule has 0 unspecified atom stereocenters. The summed E-state index contributed by atoms with van der Waals surface area (Å²) >= 11 is 0. The zero-order valence-corrected chi connectivity index (χ0v) is 16.4. The first-order valence-corrected chi connectivity index (χ1v) is 10.3. The molecule has 0 aliphatic heterocycles. The molecule has 1 amide bonds. The minimum Gasteiger partial charge on any atom is -0.323 e. The monoisotopic (exact) mass is 388 g/mol. The summed E-state index contributed by atoms with van der Waals surface area (Å²) in [6.07, 6.45) is 10.6. The highest BCUT2D eigenvalue weighted by Gasteiger charge is 2.15. The number of hydrogen-bond donors (Lipinski definition) is 1. The van der Waals surface area contributed by atoms with E-state index in [2.05, 4.69) is 47.8 Å². The van der Waals surface area contributed by atoms with E-state index in [1.807, 2.05) is 53.2 Å². The smallest absolute Gasteiger partial charge is 0.257 e. The molecular formula is C27H20N2O. The molecule has 0 radical (unpaired) electrons. The molecule has 2 aromatic heterocycles. The number of anilines is 1. The Morgan fingerprint density at radius 2 is 1.67 bits per heavy atom. The maximum absolute atomic E-state index is 13.1. The van der Waals surface area contributed by atoms with Crippen LogP contribution in [0.25, 0.3) is 33.1 Å². The Bertz CT molecular complexity index is 1490. The Labute approximate surface area is 174 Å². The van der Waals surface area contributed by atoms with E-state index in [0.29, 0.717) is 5.56 Å². The van der Waals surface area contributed by atoms with Gasteiger partial charge in [-0.3, -0.25) is 4.79 Å². The molecule has 3 heteroatoms. The minimum absolute atomic E-state index is 0.0929. The van der Waals surface area contributed by atoms with E-state index < -0.39 is 0 Å². The number of rotatable bonds is 2. The molecule has 1 N–H and O–H groups in total. The van der Waals surface area contributed by atoms with Crippen LogP contribution >= 0.6 is 0 Å². The second kappa shape index (κ2) is 6.60. The average Bonchev–Trinajstić information content (AvgIpc) is 3.23. The van der Waals surface area contributed by atoms with Gasteiger partial charge in [0.25, 0.3) is 5.91 Å². The highest BCUT2D eigenvalue weighted by atomic mass is 16.1. The topological polar surface area (TPSA) is 33.5 Å². The summed E-state index contributed by atoms with van der Waals surface area (Å²) in [6.45, 7) is 0. The highest BCUT2D eigenvalue weighted by molar-refractivity contribution is 6.17. The van der Waals surface area contributed by atoms with Gasteiger partial charge in [-0.1, -0.05) is 54.6 Å². The zero-order chi connectivity index (χ0) is 20.1. The molecule has 0 bridgehead atoms. The van der Waals surface area contributed by atoms with Crippen molar-refractivity contribution >= 4 is 44.7 Å². The molecule has 1 aliphatic carbocycles. The van der Waals surface area contributed by atoms with Crippen molar-refractivity contribution in [3.05, 3.63) is 102 Å². The van der Waals surface area contributed by atoms with Gasteiger partial charge >= 0.3 is 0 Å². The number of amides is 1. The third-order valence-electron chi connectivity index (χ3n) is 6.12. The Morgan fingerprint density at radius 1 is 0.800 bits per heavy atom. The van der Waals surface area contributed by atoms with E-state index in [-0.39, 0.29) is 5.91 Å². The molecule has 0 spiro atoms. The fourth-order valence-corrected chi connectivity index (χ4v) is 4.64. The maximum Gasteiger partial charge on any atom is 0.257 e. The predicted molar refractivity (Wildman–Crippen MR) is 124 cm³/mol. The van der Waals surface area contributed by atoms with Crippen molar-refractivity contribution in [3.8, 4) is 0 Å². The first-order valence-electron chi connectivity index (χ1n) is 10.3. The van der Waals surface area contributed by atoms with Crippen LogP contribution in [0.4, 0.5) is 5.69 Å². The number of benzene rings is 3. The normalized spacial score (nSPS) is 13.1. The third-order valence-corrected chi connectivity index (χ3v) is 6.12. The SMILES string of the molecule is O=C(Nc1cccc2c1ccc1c3c(ccc12)CCC=C3)c1ccn2ccccc12. The molecular weight excluding hydrogens is 368 g/mol. The van der Waals surface area contributed by atoms with Crippen LogP contribution in [0.5, 0.6) is 0 Å². The summed E-state index contributed by atoms with van der Waals surface area (Å²) in [4.78, 5) is 13.1. The van der Waals surface area contributed by atoms with E-state index in [1.54, 1.807) is 0 Å². The van der Waals surface area contributed by atoms with Gasteiger partial charge in [-0.15, -0.1) is 0 Å². The zero-order valence-electron chi connectivity index (χ0n) is 16.4. The van der Waals surface area contributed by atoms with E-state index >= 15 is 0 Å². The van der Waals surface area contributed by atoms with Crippen LogP contribution in [-0.2, 0) is 6.42 Å². The van der Waals surface area contributed by atoms with Crippen LogP contribution in [0, 0.1) is 0 Å². The lowest BCUT2D eigenvalue weighted by atomic mass is 9.90. The van der Waals surface area contributed by atoms with Crippen molar-refractivity contribution in [2.45, 2.75) is 12.8 Å². The maximum atomic E-state index is 13.1. The van der Waals surface area contributed by atoms with Crippen molar-refractivity contribution < 1.29 is 4.79 Å². The van der Waals surface area contributed by atoms with Gasteiger partial charge < -0.3 is 9.72 Å². The summed E-state index contributed by atoms with van der Waals surface area (Å²) < 4.78 is 1.96. The quantitative estimate of drug-likeness (QED) is 0.346. The lowest BCUT2D eigenvalue weighted by Crippen LogP contribution is -2.11. The number of aryl methyl sites for hydroxylation is 1. The number of carbonyl (C=O) groups excluding carboxylic acids is 1. The molecule has 2 heterocycles. The van der Waals surface area contributed by atoms with E-state index in [0.717, 1.165) is 34.8 Å². The Morgan fingerprint density at radius 3 is 2.63 bits per heavy atom. The molecule has 0 atom stereocenters. The van der Waals surface area contributed by atoms with Gasteiger partial charge in [-0.05, 0) is 64.4 Å². The first-order chi connectivity index (χ1) is 14.8. The van der Waals surface area contributed by atoms with Crippen LogP contribution in [-0.4, -0.2) is 10.3 Å². The standard InChI is InChI=1S/C27H20N2O/c30-27(24-15-17-29-16-4-3-10-26(24)29)28-25-9-5-8-20-22-12-11-18-6-1-2-7-19(18)21(22)13-14-23(20)25/h2-5,7-17H,1,6H2,(H,28,30). The molecule has 6 rings (SSSR count). The van der Waals surface area contributed by atoms with Crippen LogP contribution in [0.1, 0.15) is 27.9 Å².